The van der Waals surface area contributed by atoms with Gasteiger partial charge in [-0.05, 0) is 61.6 Å². The van der Waals surface area contributed by atoms with Crippen LogP contribution >= 0.6 is 0 Å². The number of fused-ring (bicyclic) bond motifs is 2. The summed E-state index contributed by atoms with van der Waals surface area (Å²) in [5.41, 5.74) is 5.02. The van der Waals surface area contributed by atoms with Crippen LogP contribution in [0.15, 0.2) is 53.6 Å². The van der Waals surface area contributed by atoms with Crippen molar-refractivity contribution in [1.82, 2.24) is 9.88 Å². The molecule has 0 spiro atoms. The van der Waals surface area contributed by atoms with Crippen LogP contribution in [0.2, 0.25) is 0 Å². The van der Waals surface area contributed by atoms with E-state index in [-0.39, 0.29) is 17.4 Å². The van der Waals surface area contributed by atoms with Crippen molar-refractivity contribution in [1.29, 1.82) is 0 Å². The Kier molecular flexibility index (Phi) is 4.96. The fourth-order valence-electron chi connectivity index (χ4n) is 5.34. The summed E-state index contributed by atoms with van der Waals surface area (Å²) in [7, 11) is -3.73. The second-order valence-corrected chi connectivity index (χ2v) is 10.3. The van der Waals surface area contributed by atoms with Crippen LogP contribution < -0.4 is 0 Å². The topological polar surface area (TPSA) is 62.4 Å². The number of hydrogen-bond donors (Lipinski definition) is 1. The number of aryl methyl sites for hydroxylation is 1. The maximum absolute atomic E-state index is 12.7. The molecule has 5 rings (SSSR count). The Labute approximate surface area is 178 Å². The van der Waals surface area contributed by atoms with Crippen LogP contribution in [-0.4, -0.2) is 44.0 Å². The molecule has 0 bridgehead atoms. The van der Waals surface area contributed by atoms with Gasteiger partial charge in [0.2, 0.25) is 0 Å². The van der Waals surface area contributed by atoms with Crippen LogP contribution in [0.1, 0.15) is 36.0 Å². The van der Waals surface area contributed by atoms with Crippen molar-refractivity contribution in [2.45, 2.75) is 43.5 Å². The second-order valence-electron chi connectivity index (χ2n) is 8.70. The van der Waals surface area contributed by atoms with E-state index < -0.39 is 10.1 Å². The molecule has 5 nitrogen and oxygen atoms in total. The van der Waals surface area contributed by atoms with Crippen LogP contribution in [0.3, 0.4) is 0 Å². The zero-order chi connectivity index (χ0) is 20.9. The average Bonchev–Trinajstić information content (AvgIpc) is 3.17. The van der Waals surface area contributed by atoms with Crippen LogP contribution in [0.5, 0.6) is 0 Å². The molecule has 3 aromatic rings. The molecule has 1 fully saturated rings. The summed E-state index contributed by atoms with van der Waals surface area (Å²) in [6.45, 7) is 6.19. The molecule has 1 unspecified atom stereocenters. The number of hydrogen-bond acceptors (Lipinski definition) is 4. The molecule has 6 heteroatoms. The van der Waals surface area contributed by atoms with E-state index in [1.807, 2.05) is 6.92 Å². The molecule has 3 atom stereocenters. The van der Waals surface area contributed by atoms with Crippen molar-refractivity contribution in [3.05, 3.63) is 65.4 Å². The highest BCUT2D eigenvalue weighted by atomic mass is 32.2. The SMILES string of the molecule is CCN1CC(COS(=O)(=O)c2ccc(C)cc2)C[C@@H]2c3cccc4[nH]cc(c34)C[C@H]21. The molecular weight excluding hydrogens is 396 g/mol. The monoisotopic (exact) mass is 424 g/mol. The number of aromatic amines is 1. The molecular formula is C24H28N2O3S. The number of nitrogens with one attached hydrogen (secondary N) is 1. The molecule has 30 heavy (non-hydrogen) atoms. The van der Waals surface area contributed by atoms with Crippen LogP contribution in [-0.2, 0) is 20.7 Å². The fraction of sp³-hybridized carbons (Fsp3) is 0.417. The summed E-state index contributed by atoms with van der Waals surface area (Å²) in [5.74, 6) is 0.587. The van der Waals surface area contributed by atoms with E-state index in [0.29, 0.717) is 12.0 Å². The minimum atomic E-state index is -3.73. The van der Waals surface area contributed by atoms with Gasteiger partial charge in [-0.3, -0.25) is 9.08 Å². The van der Waals surface area contributed by atoms with E-state index in [0.717, 1.165) is 31.5 Å². The maximum Gasteiger partial charge on any atom is 0.296 e. The third-order valence-electron chi connectivity index (χ3n) is 6.84. The van der Waals surface area contributed by atoms with Crippen molar-refractivity contribution in [2.75, 3.05) is 19.7 Å². The summed E-state index contributed by atoms with van der Waals surface area (Å²) in [6.07, 6.45) is 4.15. The molecule has 1 N–H and O–H groups in total. The van der Waals surface area contributed by atoms with Gasteiger partial charge in [0.15, 0.2) is 0 Å². The molecule has 2 heterocycles. The zero-order valence-corrected chi connectivity index (χ0v) is 18.3. The lowest BCUT2D eigenvalue weighted by molar-refractivity contribution is 0.0682. The van der Waals surface area contributed by atoms with E-state index in [1.165, 1.54) is 22.0 Å². The number of nitrogens with zero attached hydrogens (tertiary/aromatic N) is 1. The molecule has 0 radical (unpaired) electrons. The smallest absolute Gasteiger partial charge is 0.296 e. The molecule has 2 aromatic carbocycles. The lowest BCUT2D eigenvalue weighted by Crippen LogP contribution is -2.50. The number of likely N-dealkylation sites (N-methyl/N-ethyl adjacent to an activating group) is 1. The molecule has 2 aliphatic rings. The molecule has 1 aromatic heterocycles. The third kappa shape index (κ3) is 3.37. The summed E-state index contributed by atoms with van der Waals surface area (Å²) < 4.78 is 30.9. The Morgan fingerprint density at radius 2 is 1.97 bits per heavy atom. The number of likely N-dealkylation sites (tertiary alicyclic amines) is 1. The van der Waals surface area contributed by atoms with Crippen molar-refractivity contribution in [3.8, 4) is 0 Å². The first-order valence-electron chi connectivity index (χ1n) is 10.8. The summed E-state index contributed by atoms with van der Waals surface area (Å²) in [4.78, 5) is 6.16. The molecule has 0 amide bonds. The highest BCUT2D eigenvalue weighted by molar-refractivity contribution is 7.86. The largest absolute Gasteiger partial charge is 0.361 e. The van der Waals surface area contributed by atoms with Gasteiger partial charge in [-0.1, -0.05) is 36.8 Å². The summed E-state index contributed by atoms with van der Waals surface area (Å²) in [5, 5.41) is 1.36. The number of aromatic nitrogens is 1. The van der Waals surface area contributed by atoms with Gasteiger partial charge in [0.1, 0.15) is 0 Å². The van der Waals surface area contributed by atoms with Crippen molar-refractivity contribution in [3.63, 3.8) is 0 Å². The van der Waals surface area contributed by atoms with Gasteiger partial charge >= 0.3 is 0 Å². The minimum absolute atomic E-state index is 0.183. The van der Waals surface area contributed by atoms with Gasteiger partial charge in [0, 0.05) is 35.6 Å². The zero-order valence-electron chi connectivity index (χ0n) is 17.5. The number of H-pyrrole nitrogens is 1. The quantitative estimate of drug-likeness (QED) is 0.623. The van der Waals surface area contributed by atoms with Gasteiger partial charge in [-0.25, -0.2) is 0 Å². The normalized spacial score (nSPS) is 24.1. The van der Waals surface area contributed by atoms with Crippen LogP contribution in [0.4, 0.5) is 0 Å². The van der Waals surface area contributed by atoms with Gasteiger partial charge in [0.25, 0.3) is 10.1 Å². The first-order valence-corrected chi connectivity index (χ1v) is 12.2. The van der Waals surface area contributed by atoms with E-state index in [2.05, 4.69) is 41.2 Å². The minimum Gasteiger partial charge on any atom is -0.361 e. The predicted octanol–water partition coefficient (Wildman–Crippen LogP) is 4.23. The Bertz CT molecular complexity index is 1170. The Morgan fingerprint density at radius 3 is 2.73 bits per heavy atom. The highest BCUT2D eigenvalue weighted by Gasteiger charge is 2.40. The first-order chi connectivity index (χ1) is 14.5. The fourth-order valence-corrected chi connectivity index (χ4v) is 6.32. The number of benzene rings is 2. The first kappa shape index (κ1) is 19.8. The molecule has 0 saturated carbocycles. The maximum atomic E-state index is 12.7. The standard InChI is InChI=1S/C24H28N2O3S/c1-3-26-14-17(15-29-30(27,28)19-9-7-16(2)8-10-19)11-21-20-5-4-6-22-24(20)18(13-25-22)12-23(21)26/h4-10,13,17,21,23,25H,3,11-12,14-15H2,1-2H3/t17?,21-,23-/m1/s1. The van der Waals surface area contributed by atoms with E-state index in [9.17, 15) is 8.42 Å². The van der Waals surface area contributed by atoms with Crippen molar-refractivity contribution in [2.24, 2.45) is 5.92 Å². The lowest BCUT2D eigenvalue weighted by atomic mass is 9.72. The average molecular weight is 425 g/mol. The van der Waals surface area contributed by atoms with Crippen molar-refractivity contribution >= 4 is 21.0 Å². The van der Waals surface area contributed by atoms with Gasteiger partial charge in [0.05, 0.1) is 11.5 Å². The molecule has 158 valence electrons. The van der Waals surface area contributed by atoms with Gasteiger partial charge in [-0.2, -0.15) is 8.42 Å². The molecule has 1 aliphatic heterocycles. The van der Waals surface area contributed by atoms with Gasteiger partial charge < -0.3 is 4.98 Å². The van der Waals surface area contributed by atoms with E-state index in [4.69, 9.17) is 4.18 Å². The van der Waals surface area contributed by atoms with E-state index in [1.54, 1.807) is 24.3 Å². The number of piperidine rings is 1. The predicted molar refractivity (Wildman–Crippen MR) is 118 cm³/mol. The Balaban J connectivity index is 1.38. The third-order valence-corrected chi connectivity index (χ3v) is 8.13. The van der Waals surface area contributed by atoms with E-state index >= 15 is 0 Å². The Morgan fingerprint density at radius 1 is 1.17 bits per heavy atom. The highest BCUT2D eigenvalue weighted by Crippen LogP contribution is 2.44. The van der Waals surface area contributed by atoms with Crippen LogP contribution in [0, 0.1) is 12.8 Å². The number of rotatable bonds is 5. The van der Waals surface area contributed by atoms with Gasteiger partial charge in [-0.15, -0.1) is 0 Å². The lowest BCUT2D eigenvalue weighted by Gasteiger charge is -2.46. The van der Waals surface area contributed by atoms with Crippen molar-refractivity contribution < 1.29 is 12.6 Å². The summed E-state index contributed by atoms with van der Waals surface area (Å²) in [6, 6.07) is 13.8. The second kappa shape index (κ2) is 7.52. The van der Waals surface area contributed by atoms with Crippen LogP contribution in [0.25, 0.3) is 10.9 Å². The summed E-state index contributed by atoms with van der Waals surface area (Å²) >= 11 is 0. The molecule has 1 aliphatic carbocycles. The Hall–Kier alpha value is -2.15. The molecule has 1 saturated heterocycles.